The average Bonchev–Trinajstić information content (AvgIpc) is 3.12. The number of quaternary nitrogens is 1. The monoisotopic (exact) mass is 482 g/mol. The van der Waals surface area contributed by atoms with E-state index in [9.17, 15) is 19.5 Å². The van der Waals surface area contributed by atoms with Crippen LogP contribution >= 0.6 is 0 Å². The summed E-state index contributed by atoms with van der Waals surface area (Å²) in [6.45, 7) is 5.54. The fourth-order valence-electron chi connectivity index (χ4n) is 4.45. The topological polar surface area (TPSA) is 121 Å². The number of para-hydroxylation sites is 1. The quantitative estimate of drug-likeness (QED) is 0.492. The highest BCUT2D eigenvalue weighted by molar-refractivity contribution is 6.09. The number of aliphatic carboxylic acids is 2. The normalized spacial score (nSPS) is 19.8. The number of hydrogen-bond donors (Lipinski definition) is 2. The molecule has 0 aromatic heterocycles. The van der Waals surface area contributed by atoms with Gasteiger partial charge in [-0.3, -0.25) is 4.79 Å². The number of nitrogens with zero attached hydrogens (tertiary/aromatic N) is 1. The first kappa shape index (κ1) is 26.1. The molecule has 2 heterocycles. The molecule has 2 aromatic carbocycles. The van der Waals surface area contributed by atoms with Gasteiger partial charge < -0.3 is 34.3 Å². The van der Waals surface area contributed by atoms with Gasteiger partial charge in [0.2, 0.25) is 0 Å². The molecule has 0 bridgehead atoms. The number of carboxylic acid groups (broad SMARTS) is 2. The number of rotatable bonds is 8. The molecule has 186 valence electrons. The zero-order chi connectivity index (χ0) is 25.3. The molecule has 1 unspecified atom stereocenters. The largest absolute Gasteiger partial charge is 0.545 e. The van der Waals surface area contributed by atoms with E-state index in [0.717, 1.165) is 56.1 Å². The molecule has 2 aromatic rings. The van der Waals surface area contributed by atoms with Gasteiger partial charge >= 0.3 is 5.97 Å². The highest BCUT2D eigenvalue weighted by Crippen LogP contribution is 2.46. The standard InChI is InChI=1S/C22H26N2O3.C4H4O4/c1-26-22(18-8-3-2-4-9-18)19-10-5-6-11-20(19)24(21(22)25)13-7-12-23-14-16-27-17-15-23;5-3(6)1-2-4(7)8/h2-6,8-11H,7,12-17H2,1H3;1-2H,(H,5,6)(H,7,8)/b;2-1+. The Hall–Kier alpha value is -3.53. The summed E-state index contributed by atoms with van der Waals surface area (Å²) in [4.78, 5) is 36.0. The summed E-state index contributed by atoms with van der Waals surface area (Å²) in [6.07, 6.45) is 1.90. The molecule has 0 radical (unpaired) electrons. The van der Waals surface area contributed by atoms with Crippen LogP contribution in [0.15, 0.2) is 66.7 Å². The number of benzene rings is 2. The highest BCUT2D eigenvalue weighted by Gasteiger charge is 2.52. The lowest BCUT2D eigenvalue weighted by molar-refractivity contribution is -0.908. The SMILES string of the molecule is COC1(c2ccccc2)C(=O)N(CCC[NH+]2CCOCC2)c2ccccc21.O=C([O-])/C=C/C(=O)O. The van der Waals surface area contributed by atoms with Crippen LogP contribution in [-0.2, 0) is 29.5 Å². The van der Waals surface area contributed by atoms with Gasteiger partial charge in [-0.05, 0) is 17.7 Å². The Labute approximate surface area is 204 Å². The fraction of sp³-hybridized carbons (Fsp3) is 0.346. The Bertz CT molecular complexity index is 1030. The third-order valence-electron chi connectivity index (χ3n) is 6.08. The molecule has 1 saturated heterocycles. The molecule has 4 rings (SSSR count). The Morgan fingerprint density at radius 1 is 1.11 bits per heavy atom. The minimum atomic E-state index is -1.51. The van der Waals surface area contributed by atoms with Gasteiger partial charge in [-0.2, -0.15) is 0 Å². The predicted octanol–water partition coefficient (Wildman–Crippen LogP) is -0.394. The summed E-state index contributed by atoms with van der Waals surface area (Å²) in [6, 6.07) is 17.8. The van der Waals surface area contributed by atoms with Gasteiger partial charge in [0.15, 0.2) is 5.60 Å². The number of amides is 1. The van der Waals surface area contributed by atoms with Crippen LogP contribution in [0, 0.1) is 0 Å². The van der Waals surface area contributed by atoms with E-state index >= 15 is 0 Å². The Kier molecular flexibility index (Phi) is 9.13. The maximum atomic E-state index is 13.6. The summed E-state index contributed by atoms with van der Waals surface area (Å²) in [5.41, 5.74) is 1.72. The van der Waals surface area contributed by atoms with Gasteiger partial charge in [-0.1, -0.05) is 48.5 Å². The van der Waals surface area contributed by atoms with E-state index in [0.29, 0.717) is 18.7 Å². The van der Waals surface area contributed by atoms with Gasteiger partial charge in [0, 0.05) is 31.7 Å². The molecule has 9 nitrogen and oxygen atoms in total. The van der Waals surface area contributed by atoms with Crippen LogP contribution in [0.4, 0.5) is 5.69 Å². The summed E-state index contributed by atoms with van der Waals surface area (Å²) in [7, 11) is 1.63. The zero-order valence-corrected chi connectivity index (χ0v) is 19.6. The number of carboxylic acids is 2. The summed E-state index contributed by atoms with van der Waals surface area (Å²) < 4.78 is 11.4. The summed E-state index contributed by atoms with van der Waals surface area (Å²) in [5, 5.41) is 17.2. The van der Waals surface area contributed by atoms with Crippen molar-refractivity contribution in [3.05, 3.63) is 77.9 Å². The van der Waals surface area contributed by atoms with Crippen LogP contribution < -0.4 is 14.9 Å². The van der Waals surface area contributed by atoms with Crippen molar-refractivity contribution < 1.29 is 39.0 Å². The minimum Gasteiger partial charge on any atom is -0.545 e. The van der Waals surface area contributed by atoms with Crippen molar-refractivity contribution in [3.8, 4) is 0 Å². The van der Waals surface area contributed by atoms with Crippen molar-refractivity contribution >= 4 is 23.5 Å². The first-order valence-corrected chi connectivity index (χ1v) is 11.5. The number of nitrogens with one attached hydrogen (secondary N) is 1. The lowest BCUT2D eigenvalue weighted by atomic mass is 9.87. The molecule has 35 heavy (non-hydrogen) atoms. The van der Waals surface area contributed by atoms with Crippen molar-refractivity contribution in [2.24, 2.45) is 0 Å². The molecule has 2 aliphatic rings. The van der Waals surface area contributed by atoms with Crippen LogP contribution in [0.3, 0.4) is 0 Å². The molecular formula is C26H30N2O7. The molecule has 1 fully saturated rings. The van der Waals surface area contributed by atoms with Crippen molar-refractivity contribution in [2.75, 3.05) is 51.4 Å². The van der Waals surface area contributed by atoms with E-state index in [2.05, 4.69) is 0 Å². The van der Waals surface area contributed by atoms with Gasteiger partial charge in [-0.15, -0.1) is 0 Å². The maximum Gasteiger partial charge on any atom is 0.328 e. The highest BCUT2D eigenvalue weighted by atomic mass is 16.5. The lowest BCUT2D eigenvalue weighted by Gasteiger charge is -2.28. The molecule has 1 atom stereocenters. The number of carbonyl (C=O) groups is 3. The molecule has 0 saturated carbocycles. The maximum absolute atomic E-state index is 13.6. The molecule has 1 amide bonds. The minimum absolute atomic E-state index is 0.00868. The van der Waals surface area contributed by atoms with Gasteiger partial charge in [-0.25, -0.2) is 4.79 Å². The number of anilines is 1. The van der Waals surface area contributed by atoms with E-state index in [-0.39, 0.29) is 5.91 Å². The van der Waals surface area contributed by atoms with Crippen molar-refractivity contribution in [2.45, 2.75) is 12.0 Å². The van der Waals surface area contributed by atoms with Crippen LogP contribution in [0.2, 0.25) is 0 Å². The zero-order valence-electron chi connectivity index (χ0n) is 19.6. The number of hydrogen-bond acceptors (Lipinski definition) is 6. The van der Waals surface area contributed by atoms with E-state index in [1.54, 1.807) is 12.0 Å². The second-order valence-electron chi connectivity index (χ2n) is 8.18. The lowest BCUT2D eigenvalue weighted by Crippen LogP contribution is -3.14. The van der Waals surface area contributed by atoms with Crippen molar-refractivity contribution in [3.63, 3.8) is 0 Å². The Balaban J connectivity index is 0.000000371. The van der Waals surface area contributed by atoms with Gasteiger partial charge in [0.05, 0.1) is 31.4 Å². The third kappa shape index (κ3) is 6.13. The smallest absolute Gasteiger partial charge is 0.328 e. The third-order valence-corrected chi connectivity index (χ3v) is 6.08. The summed E-state index contributed by atoms with van der Waals surface area (Å²) in [5.74, 6) is -2.80. The van der Waals surface area contributed by atoms with Crippen molar-refractivity contribution in [1.29, 1.82) is 0 Å². The second kappa shape index (κ2) is 12.3. The van der Waals surface area contributed by atoms with Crippen LogP contribution in [0.1, 0.15) is 17.5 Å². The van der Waals surface area contributed by atoms with E-state index in [1.165, 1.54) is 0 Å². The molecule has 9 heteroatoms. The van der Waals surface area contributed by atoms with Gasteiger partial charge in [0.1, 0.15) is 13.1 Å². The van der Waals surface area contributed by atoms with Crippen molar-refractivity contribution in [1.82, 2.24) is 0 Å². The Morgan fingerprint density at radius 3 is 2.37 bits per heavy atom. The molecule has 0 spiro atoms. The number of morpholine rings is 1. The average molecular weight is 483 g/mol. The molecule has 0 aliphatic carbocycles. The van der Waals surface area contributed by atoms with E-state index in [1.807, 2.05) is 59.5 Å². The predicted molar refractivity (Wildman–Crippen MR) is 126 cm³/mol. The second-order valence-corrected chi connectivity index (χ2v) is 8.18. The molecular weight excluding hydrogens is 452 g/mol. The summed E-state index contributed by atoms with van der Waals surface area (Å²) >= 11 is 0. The first-order chi connectivity index (χ1) is 16.9. The number of fused-ring (bicyclic) bond motifs is 1. The number of methoxy groups -OCH3 is 1. The van der Waals surface area contributed by atoms with Gasteiger partial charge in [0.25, 0.3) is 5.91 Å². The molecule has 2 N–H and O–H groups in total. The number of carbonyl (C=O) groups excluding carboxylic acids is 2. The van der Waals surface area contributed by atoms with Crippen LogP contribution in [0.5, 0.6) is 0 Å². The number of ether oxygens (including phenoxy) is 2. The fourth-order valence-corrected chi connectivity index (χ4v) is 4.45. The first-order valence-electron chi connectivity index (χ1n) is 11.5. The van der Waals surface area contributed by atoms with E-state index < -0.39 is 17.5 Å². The molecule has 2 aliphatic heterocycles. The van der Waals surface area contributed by atoms with E-state index in [4.69, 9.17) is 14.6 Å². The van der Waals surface area contributed by atoms with Crippen LogP contribution in [0.25, 0.3) is 0 Å². The Morgan fingerprint density at radius 2 is 1.77 bits per heavy atom. The van der Waals surface area contributed by atoms with Crippen LogP contribution in [-0.4, -0.2) is 69.5 Å².